The molecular formula is C21H23F2N3O2. The summed E-state index contributed by atoms with van der Waals surface area (Å²) in [5.74, 6) is -2.41. The van der Waals surface area contributed by atoms with E-state index in [1.807, 2.05) is 36.1 Å². The molecule has 0 saturated carbocycles. The van der Waals surface area contributed by atoms with Gasteiger partial charge in [-0.3, -0.25) is 14.5 Å². The van der Waals surface area contributed by atoms with Crippen LogP contribution in [0.5, 0.6) is 0 Å². The van der Waals surface area contributed by atoms with Crippen molar-refractivity contribution in [1.29, 1.82) is 0 Å². The minimum Gasteiger partial charge on any atom is -0.351 e. The minimum absolute atomic E-state index is 0.0686. The Morgan fingerprint density at radius 3 is 2.29 bits per heavy atom. The summed E-state index contributed by atoms with van der Waals surface area (Å²) in [7, 11) is 0. The first-order valence-electron chi connectivity index (χ1n) is 9.21. The van der Waals surface area contributed by atoms with Crippen molar-refractivity contribution < 1.29 is 18.4 Å². The van der Waals surface area contributed by atoms with Crippen LogP contribution in [0.2, 0.25) is 0 Å². The Kier molecular flexibility index (Phi) is 6.36. The summed E-state index contributed by atoms with van der Waals surface area (Å²) in [5.41, 5.74) is 2.34. The average molecular weight is 387 g/mol. The van der Waals surface area contributed by atoms with Crippen LogP contribution < -0.4 is 5.32 Å². The molecule has 1 aliphatic heterocycles. The number of hydrogen-bond donors (Lipinski definition) is 1. The molecule has 148 valence electrons. The Hall–Kier alpha value is -2.80. The number of halogens is 2. The molecule has 5 nitrogen and oxygen atoms in total. The molecule has 1 N–H and O–H groups in total. The maximum atomic E-state index is 13.3. The Labute approximate surface area is 162 Å². The fraction of sp³-hybridized carbons (Fsp3) is 0.333. The molecule has 0 aliphatic carbocycles. The predicted molar refractivity (Wildman–Crippen MR) is 102 cm³/mol. The molecule has 3 rings (SSSR count). The van der Waals surface area contributed by atoms with Gasteiger partial charge in [-0.25, -0.2) is 8.78 Å². The number of amides is 2. The van der Waals surface area contributed by atoms with Crippen molar-refractivity contribution in [2.75, 3.05) is 32.7 Å². The molecule has 0 radical (unpaired) electrons. The number of carbonyl (C=O) groups excluding carboxylic acids is 2. The largest absolute Gasteiger partial charge is 0.351 e. The van der Waals surface area contributed by atoms with Crippen molar-refractivity contribution in [1.82, 2.24) is 15.1 Å². The first-order chi connectivity index (χ1) is 13.4. The topological polar surface area (TPSA) is 52.7 Å². The van der Waals surface area contributed by atoms with Gasteiger partial charge in [0.15, 0.2) is 11.6 Å². The van der Waals surface area contributed by atoms with Gasteiger partial charge in [0, 0.05) is 38.3 Å². The zero-order valence-electron chi connectivity index (χ0n) is 15.8. The van der Waals surface area contributed by atoms with Gasteiger partial charge in [0.1, 0.15) is 0 Å². The molecule has 28 heavy (non-hydrogen) atoms. The van der Waals surface area contributed by atoms with Gasteiger partial charge in [0.05, 0.1) is 6.54 Å². The lowest BCUT2D eigenvalue weighted by atomic mass is 10.1. The van der Waals surface area contributed by atoms with Crippen molar-refractivity contribution in [2.24, 2.45) is 0 Å². The van der Waals surface area contributed by atoms with Gasteiger partial charge >= 0.3 is 0 Å². The molecular weight excluding hydrogens is 364 g/mol. The van der Waals surface area contributed by atoms with E-state index in [0.29, 0.717) is 32.7 Å². The van der Waals surface area contributed by atoms with E-state index in [0.717, 1.165) is 17.7 Å². The molecule has 0 unspecified atom stereocenters. The molecule has 1 aliphatic rings. The van der Waals surface area contributed by atoms with Crippen LogP contribution in [-0.2, 0) is 11.3 Å². The molecule has 1 heterocycles. The summed E-state index contributed by atoms with van der Waals surface area (Å²) in [6, 6.07) is 11.1. The maximum Gasteiger partial charge on any atom is 0.254 e. The fourth-order valence-corrected chi connectivity index (χ4v) is 3.09. The van der Waals surface area contributed by atoms with E-state index in [2.05, 4.69) is 5.32 Å². The highest BCUT2D eigenvalue weighted by molar-refractivity contribution is 5.94. The lowest BCUT2D eigenvalue weighted by Crippen LogP contribution is -2.51. The van der Waals surface area contributed by atoms with E-state index >= 15 is 0 Å². The van der Waals surface area contributed by atoms with Gasteiger partial charge in [-0.2, -0.15) is 0 Å². The van der Waals surface area contributed by atoms with Gasteiger partial charge in [-0.1, -0.05) is 29.8 Å². The summed E-state index contributed by atoms with van der Waals surface area (Å²) in [6.07, 6.45) is 0. The number of nitrogens with zero attached hydrogens (tertiary/aromatic N) is 2. The van der Waals surface area contributed by atoms with Gasteiger partial charge in [0.2, 0.25) is 5.91 Å². The first kappa shape index (κ1) is 19.9. The van der Waals surface area contributed by atoms with Crippen molar-refractivity contribution >= 4 is 11.8 Å². The maximum absolute atomic E-state index is 13.3. The average Bonchev–Trinajstić information content (AvgIpc) is 2.70. The molecule has 1 saturated heterocycles. The van der Waals surface area contributed by atoms with Crippen molar-refractivity contribution in [3.63, 3.8) is 0 Å². The van der Waals surface area contributed by atoms with Gasteiger partial charge in [0.25, 0.3) is 5.91 Å². The van der Waals surface area contributed by atoms with E-state index in [1.54, 1.807) is 4.90 Å². The van der Waals surface area contributed by atoms with Crippen molar-refractivity contribution in [2.45, 2.75) is 13.5 Å². The van der Waals surface area contributed by atoms with Crippen molar-refractivity contribution in [3.05, 3.63) is 70.8 Å². The molecule has 2 amide bonds. The second kappa shape index (κ2) is 8.93. The number of piperazine rings is 1. The third kappa shape index (κ3) is 5.13. The quantitative estimate of drug-likeness (QED) is 0.857. The summed E-state index contributed by atoms with van der Waals surface area (Å²) in [6.45, 7) is 4.72. The van der Waals surface area contributed by atoms with Crippen LogP contribution in [0, 0.1) is 18.6 Å². The van der Waals surface area contributed by atoms with Crippen LogP contribution >= 0.6 is 0 Å². The highest BCUT2D eigenvalue weighted by Crippen LogP contribution is 2.13. The van der Waals surface area contributed by atoms with E-state index in [-0.39, 0.29) is 23.9 Å². The van der Waals surface area contributed by atoms with E-state index in [9.17, 15) is 18.4 Å². The highest BCUT2D eigenvalue weighted by Gasteiger charge is 2.23. The van der Waals surface area contributed by atoms with Crippen LogP contribution in [0.1, 0.15) is 21.5 Å². The van der Waals surface area contributed by atoms with Crippen LogP contribution in [-0.4, -0.2) is 54.3 Å². The molecule has 0 aromatic heterocycles. The number of aryl methyl sites for hydroxylation is 1. The van der Waals surface area contributed by atoms with E-state index < -0.39 is 11.6 Å². The van der Waals surface area contributed by atoms with Crippen molar-refractivity contribution in [3.8, 4) is 0 Å². The third-order valence-corrected chi connectivity index (χ3v) is 4.80. The fourth-order valence-electron chi connectivity index (χ4n) is 3.09. The highest BCUT2D eigenvalue weighted by atomic mass is 19.2. The van der Waals surface area contributed by atoms with E-state index in [4.69, 9.17) is 0 Å². The Bertz CT molecular complexity index is 847. The number of benzene rings is 2. The van der Waals surface area contributed by atoms with E-state index in [1.165, 1.54) is 11.6 Å². The Morgan fingerprint density at radius 1 is 0.964 bits per heavy atom. The number of carbonyl (C=O) groups is 2. The monoisotopic (exact) mass is 387 g/mol. The minimum atomic E-state index is -1.03. The summed E-state index contributed by atoms with van der Waals surface area (Å²) in [5, 5.41) is 2.90. The second-order valence-corrected chi connectivity index (χ2v) is 6.96. The smallest absolute Gasteiger partial charge is 0.254 e. The molecule has 1 fully saturated rings. The number of nitrogens with one attached hydrogen (secondary N) is 1. The zero-order chi connectivity index (χ0) is 20.1. The number of hydrogen-bond acceptors (Lipinski definition) is 3. The summed E-state index contributed by atoms with van der Waals surface area (Å²) >= 11 is 0. The summed E-state index contributed by atoms with van der Waals surface area (Å²) in [4.78, 5) is 28.1. The molecule has 0 bridgehead atoms. The van der Waals surface area contributed by atoms with Crippen LogP contribution in [0.25, 0.3) is 0 Å². The third-order valence-electron chi connectivity index (χ3n) is 4.80. The molecule has 0 atom stereocenters. The second-order valence-electron chi connectivity index (χ2n) is 6.96. The van der Waals surface area contributed by atoms with Gasteiger partial charge < -0.3 is 10.2 Å². The zero-order valence-corrected chi connectivity index (χ0v) is 15.8. The lowest BCUT2D eigenvalue weighted by molar-refractivity contribution is -0.122. The van der Waals surface area contributed by atoms with Crippen LogP contribution in [0.15, 0.2) is 42.5 Å². The Balaban J connectivity index is 1.44. The molecule has 7 heteroatoms. The van der Waals surface area contributed by atoms with Gasteiger partial charge in [-0.15, -0.1) is 0 Å². The van der Waals surface area contributed by atoms with Crippen LogP contribution in [0.3, 0.4) is 0 Å². The van der Waals surface area contributed by atoms with Crippen LogP contribution in [0.4, 0.5) is 8.78 Å². The first-order valence-corrected chi connectivity index (χ1v) is 9.21. The van der Waals surface area contributed by atoms with Gasteiger partial charge in [-0.05, 0) is 30.7 Å². The SMILES string of the molecule is Cc1ccc(CNC(=O)CN2CCN(C(=O)c3ccc(F)c(F)c3)CC2)cc1. The number of rotatable bonds is 5. The predicted octanol–water partition coefficient (Wildman–Crippen LogP) is 2.35. The Morgan fingerprint density at radius 2 is 1.64 bits per heavy atom. The normalized spacial score (nSPS) is 14.8. The molecule has 0 spiro atoms. The molecule has 2 aromatic rings. The lowest BCUT2D eigenvalue weighted by Gasteiger charge is -2.34. The summed E-state index contributed by atoms with van der Waals surface area (Å²) < 4.78 is 26.4. The molecule has 2 aromatic carbocycles. The standard InChI is InChI=1S/C21H23F2N3O2/c1-15-2-4-16(5-3-15)13-24-20(27)14-25-8-10-26(11-9-25)21(28)17-6-7-18(22)19(23)12-17/h2-7,12H,8-11,13-14H2,1H3,(H,24,27).